The molecule has 0 N–H and O–H groups in total. The average molecular weight is 376 g/mol. The molecular formula is C25H33N3. The van der Waals surface area contributed by atoms with E-state index in [4.69, 9.17) is 0 Å². The lowest BCUT2D eigenvalue weighted by molar-refractivity contribution is -0.133. The number of nitrogens with zero attached hydrogens (tertiary/aromatic N) is 3. The van der Waals surface area contributed by atoms with Crippen LogP contribution in [0.1, 0.15) is 62.1 Å². The van der Waals surface area contributed by atoms with Crippen LogP contribution in [0.3, 0.4) is 0 Å². The molecule has 1 unspecified atom stereocenters. The molecule has 1 saturated carbocycles. The maximum absolute atomic E-state index is 4.15. The lowest BCUT2D eigenvalue weighted by atomic mass is 9.60. The average Bonchev–Trinajstić information content (AvgIpc) is 2.75. The van der Waals surface area contributed by atoms with Gasteiger partial charge in [0.2, 0.25) is 0 Å². The Balaban J connectivity index is 1.26. The number of rotatable bonds is 4. The molecule has 0 radical (unpaired) electrons. The molecule has 28 heavy (non-hydrogen) atoms. The lowest BCUT2D eigenvalue weighted by Gasteiger charge is -2.63. The van der Waals surface area contributed by atoms with Crippen molar-refractivity contribution >= 4 is 0 Å². The Hall–Kier alpha value is -1.71. The summed E-state index contributed by atoms with van der Waals surface area (Å²) >= 11 is 0. The normalized spacial score (nSPS) is 26.2. The molecule has 2 aliphatic heterocycles. The topological polar surface area (TPSA) is 19.4 Å². The Labute approximate surface area is 169 Å². The molecule has 1 aromatic heterocycles. The summed E-state index contributed by atoms with van der Waals surface area (Å²) < 4.78 is 0. The largest absolute Gasteiger partial charge is 0.299 e. The van der Waals surface area contributed by atoms with Crippen molar-refractivity contribution in [2.24, 2.45) is 5.41 Å². The highest BCUT2D eigenvalue weighted by Gasteiger charge is 2.54. The van der Waals surface area contributed by atoms with Gasteiger partial charge in [0.05, 0.1) is 0 Å². The van der Waals surface area contributed by atoms with E-state index in [0.717, 1.165) is 12.6 Å². The molecule has 0 bridgehead atoms. The van der Waals surface area contributed by atoms with E-state index in [2.05, 4.69) is 57.2 Å². The fourth-order valence-corrected chi connectivity index (χ4v) is 6.14. The van der Waals surface area contributed by atoms with Gasteiger partial charge in [-0.1, -0.05) is 49.6 Å². The fraction of sp³-hybridized carbons (Fsp3) is 0.560. The van der Waals surface area contributed by atoms with Crippen LogP contribution in [-0.4, -0.2) is 40.5 Å². The minimum atomic E-state index is 0.563. The molecule has 1 atom stereocenters. The van der Waals surface area contributed by atoms with Crippen LogP contribution in [0, 0.1) is 5.41 Å². The summed E-state index contributed by atoms with van der Waals surface area (Å²) in [5.74, 6) is 0. The molecule has 1 aromatic carbocycles. The number of aromatic nitrogens is 1. The van der Waals surface area contributed by atoms with E-state index in [-0.39, 0.29) is 0 Å². The Morgan fingerprint density at radius 1 is 0.893 bits per heavy atom. The van der Waals surface area contributed by atoms with Gasteiger partial charge in [-0.3, -0.25) is 14.8 Å². The second-order valence-electron chi connectivity index (χ2n) is 9.27. The van der Waals surface area contributed by atoms with Crippen molar-refractivity contribution in [2.45, 2.75) is 63.6 Å². The summed E-state index contributed by atoms with van der Waals surface area (Å²) in [5, 5.41) is 0. The molecule has 2 saturated heterocycles. The second-order valence-corrected chi connectivity index (χ2v) is 9.27. The number of likely N-dealkylation sites (tertiary alicyclic amines) is 2. The first kappa shape index (κ1) is 18.3. The van der Waals surface area contributed by atoms with E-state index in [0.29, 0.717) is 11.5 Å². The van der Waals surface area contributed by atoms with E-state index < -0.39 is 0 Å². The summed E-state index contributed by atoms with van der Waals surface area (Å²) in [6.45, 7) is 4.85. The van der Waals surface area contributed by atoms with Crippen molar-refractivity contribution in [2.75, 3.05) is 19.6 Å². The highest BCUT2D eigenvalue weighted by atomic mass is 15.3. The van der Waals surface area contributed by atoms with Crippen molar-refractivity contribution in [3.63, 3.8) is 0 Å². The van der Waals surface area contributed by atoms with Gasteiger partial charge >= 0.3 is 0 Å². The summed E-state index contributed by atoms with van der Waals surface area (Å²) in [4.78, 5) is 9.65. The van der Waals surface area contributed by atoms with Gasteiger partial charge in [-0.05, 0) is 62.0 Å². The summed E-state index contributed by atoms with van der Waals surface area (Å²) in [6.07, 6.45) is 13.6. The molecule has 148 valence electrons. The van der Waals surface area contributed by atoms with E-state index in [1.54, 1.807) is 5.56 Å². The highest BCUT2D eigenvalue weighted by Crippen LogP contribution is 2.58. The van der Waals surface area contributed by atoms with Crippen molar-refractivity contribution in [1.82, 2.24) is 14.8 Å². The molecule has 3 fully saturated rings. The maximum atomic E-state index is 4.15. The van der Waals surface area contributed by atoms with Gasteiger partial charge in [0, 0.05) is 43.0 Å². The van der Waals surface area contributed by atoms with Crippen LogP contribution in [0.15, 0.2) is 54.9 Å². The molecule has 2 aromatic rings. The molecule has 3 aliphatic rings. The van der Waals surface area contributed by atoms with E-state index in [1.165, 1.54) is 70.1 Å². The molecule has 3 heteroatoms. The van der Waals surface area contributed by atoms with E-state index in [1.807, 2.05) is 12.4 Å². The van der Waals surface area contributed by atoms with Crippen LogP contribution in [0.5, 0.6) is 0 Å². The van der Waals surface area contributed by atoms with Gasteiger partial charge in [0.25, 0.3) is 0 Å². The monoisotopic (exact) mass is 375 g/mol. The van der Waals surface area contributed by atoms with Gasteiger partial charge in [0.15, 0.2) is 0 Å². The van der Waals surface area contributed by atoms with Crippen LogP contribution in [-0.2, 0) is 6.54 Å². The Morgan fingerprint density at radius 3 is 2.32 bits per heavy atom. The summed E-state index contributed by atoms with van der Waals surface area (Å²) in [5.41, 5.74) is 3.52. The van der Waals surface area contributed by atoms with Crippen molar-refractivity contribution in [3.05, 3.63) is 66.0 Å². The standard InChI is InChI=1S/C25H33N3/c1-3-7-22(8-4-1)24-25(13-5-2-6-14-25)20-28(24)23-11-17-27(18-12-23)19-21-9-15-26-16-10-21/h1,3-4,7-10,15-16,23-24H,2,5-6,11-14,17-20H2. The van der Waals surface area contributed by atoms with Gasteiger partial charge in [-0.15, -0.1) is 0 Å². The molecule has 3 nitrogen and oxygen atoms in total. The fourth-order valence-electron chi connectivity index (χ4n) is 6.14. The third-order valence-corrected chi connectivity index (χ3v) is 7.56. The predicted molar refractivity (Wildman–Crippen MR) is 114 cm³/mol. The van der Waals surface area contributed by atoms with Gasteiger partial charge < -0.3 is 0 Å². The minimum absolute atomic E-state index is 0.563. The first-order chi connectivity index (χ1) is 13.8. The molecule has 3 heterocycles. The number of piperidine rings is 1. The SMILES string of the molecule is c1ccc(C2N(C3CCN(Cc4ccncc4)CC3)CC23CCCCC3)cc1. The quantitative estimate of drug-likeness (QED) is 0.745. The molecule has 0 amide bonds. The van der Waals surface area contributed by atoms with E-state index >= 15 is 0 Å². The van der Waals surface area contributed by atoms with Crippen LogP contribution in [0.25, 0.3) is 0 Å². The smallest absolute Gasteiger partial charge is 0.0419 e. The van der Waals surface area contributed by atoms with Crippen LogP contribution >= 0.6 is 0 Å². The molecule has 5 rings (SSSR count). The maximum Gasteiger partial charge on any atom is 0.0419 e. The zero-order valence-electron chi connectivity index (χ0n) is 17.0. The summed E-state index contributed by atoms with van der Waals surface area (Å²) in [6, 6.07) is 17.1. The number of pyridine rings is 1. The zero-order valence-corrected chi connectivity index (χ0v) is 17.0. The first-order valence-electron chi connectivity index (χ1n) is 11.3. The van der Waals surface area contributed by atoms with Crippen LogP contribution in [0.2, 0.25) is 0 Å². The van der Waals surface area contributed by atoms with Crippen molar-refractivity contribution in [1.29, 1.82) is 0 Å². The Bertz CT molecular complexity index is 746. The van der Waals surface area contributed by atoms with Crippen LogP contribution in [0.4, 0.5) is 0 Å². The molecule has 1 spiro atoms. The van der Waals surface area contributed by atoms with Crippen molar-refractivity contribution < 1.29 is 0 Å². The number of hydrogen-bond acceptors (Lipinski definition) is 3. The third kappa shape index (κ3) is 3.51. The predicted octanol–water partition coefficient (Wildman–Crippen LogP) is 5.05. The highest BCUT2D eigenvalue weighted by molar-refractivity contribution is 5.26. The third-order valence-electron chi connectivity index (χ3n) is 7.56. The van der Waals surface area contributed by atoms with Crippen LogP contribution < -0.4 is 0 Å². The van der Waals surface area contributed by atoms with E-state index in [9.17, 15) is 0 Å². The Morgan fingerprint density at radius 2 is 1.61 bits per heavy atom. The van der Waals surface area contributed by atoms with Gasteiger partial charge in [-0.2, -0.15) is 0 Å². The number of hydrogen-bond donors (Lipinski definition) is 0. The second kappa shape index (κ2) is 7.96. The van der Waals surface area contributed by atoms with Gasteiger partial charge in [-0.25, -0.2) is 0 Å². The zero-order chi connectivity index (χ0) is 18.8. The molecular weight excluding hydrogens is 342 g/mol. The Kier molecular flexibility index (Phi) is 5.21. The summed E-state index contributed by atoms with van der Waals surface area (Å²) in [7, 11) is 0. The van der Waals surface area contributed by atoms with Gasteiger partial charge in [0.1, 0.15) is 0 Å². The minimum Gasteiger partial charge on any atom is -0.299 e. The van der Waals surface area contributed by atoms with Crippen molar-refractivity contribution in [3.8, 4) is 0 Å². The lowest BCUT2D eigenvalue weighted by Crippen LogP contribution is -2.63. The first-order valence-corrected chi connectivity index (χ1v) is 11.3. The number of benzene rings is 1. The molecule has 1 aliphatic carbocycles.